The topological polar surface area (TPSA) is 81.2 Å². The third-order valence-corrected chi connectivity index (χ3v) is 4.61. The minimum absolute atomic E-state index is 0.0819. The van der Waals surface area contributed by atoms with Crippen molar-refractivity contribution in [1.82, 2.24) is 14.7 Å². The van der Waals surface area contributed by atoms with Crippen LogP contribution in [0.4, 0.5) is 8.78 Å². The van der Waals surface area contributed by atoms with Gasteiger partial charge in [-0.25, -0.2) is 8.78 Å². The quantitative estimate of drug-likeness (QED) is 0.693. The highest BCUT2D eigenvalue weighted by atomic mass is 19.1. The zero-order valence-corrected chi connectivity index (χ0v) is 15.9. The molecule has 0 unspecified atom stereocenters. The van der Waals surface area contributed by atoms with Crippen molar-refractivity contribution in [2.45, 2.75) is 19.0 Å². The molecule has 0 spiro atoms. The number of aromatic nitrogens is 2. The van der Waals surface area contributed by atoms with Gasteiger partial charge < -0.3 is 10.6 Å². The lowest BCUT2D eigenvalue weighted by Gasteiger charge is -2.35. The molecule has 0 radical (unpaired) electrons. The minimum Gasteiger partial charge on any atom is -0.368 e. The molecule has 0 aliphatic carbocycles. The highest BCUT2D eigenvalue weighted by Gasteiger charge is 2.35. The number of hydrogen-bond acceptors (Lipinski definition) is 3. The maximum atomic E-state index is 13.8. The normalized spacial score (nSPS) is 13.0. The molecule has 29 heavy (non-hydrogen) atoms. The lowest BCUT2D eigenvalue weighted by molar-refractivity contribution is -0.123. The van der Waals surface area contributed by atoms with E-state index in [1.165, 1.54) is 15.6 Å². The van der Waals surface area contributed by atoms with Crippen LogP contribution in [0, 0.1) is 11.6 Å². The number of nitrogens with two attached hydrogens (primary N) is 1. The Morgan fingerprint density at radius 2 is 1.66 bits per heavy atom. The Bertz CT molecular complexity index is 1020. The van der Waals surface area contributed by atoms with Gasteiger partial charge in [-0.2, -0.15) is 5.10 Å². The van der Waals surface area contributed by atoms with Crippen molar-refractivity contribution >= 4 is 11.8 Å². The molecule has 3 aromatic rings. The van der Waals surface area contributed by atoms with E-state index in [0.29, 0.717) is 5.56 Å². The van der Waals surface area contributed by atoms with Gasteiger partial charge in [-0.1, -0.05) is 30.3 Å². The molecule has 0 saturated heterocycles. The first-order chi connectivity index (χ1) is 13.8. The molecule has 2 aromatic carbocycles. The molecule has 6 nitrogen and oxygen atoms in total. The van der Waals surface area contributed by atoms with E-state index >= 15 is 0 Å². The van der Waals surface area contributed by atoms with Crippen molar-refractivity contribution in [3.8, 4) is 0 Å². The first-order valence-corrected chi connectivity index (χ1v) is 8.90. The summed E-state index contributed by atoms with van der Waals surface area (Å²) < 4.78 is 29.1. The average Bonchev–Trinajstić information content (AvgIpc) is 3.11. The number of rotatable bonds is 6. The molecule has 1 heterocycles. The smallest absolute Gasteiger partial charge is 0.275 e. The number of amides is 2. The number of primary amides is 1. The zero-order chi connectivity index (χ0) is 21.1. The Balaban J connectivity index is 2.14. The van der Waals surface area contributed by atoms with Crippen LogP contribution >= 0.6 is 0 Å². The fraction of sp³-hybridized carbons (Fsp3) is 0.190. The number of aryl methyl sites for hydroxylation is 1. The SMILES string of the molecule is C[C@H](c1cc(F)cc(F)c1)N(C(=O)c1ccn(C)n1)[C@@H](C(N)=O)c1ccccc1. The highest BCUT2D eigenvalue weighted by molar-refractivity contribution is 5.96. The van der Waals surface area contributed by atoms with Crippen molar-refractivity contribution in [2.24, 2.45) is 12.8 Å². The monoisotopic (exact) mass is 398 g/mol. The van der Waals surface area contributed by atoms with Crippen molar-refractivity contribution in [2.75, 3.05) is 0 Å². The first kappa shape index (κ1) is 20.2. The molecule has 0 aliphatic rings. The van der Waals surface area contributed by atoms with E-state index in [4.69, 9.17) is 5.73 Å². The van der Waals surface area contributed by atoms with Crippen LogP contribution in [0.1, 0.15) is 40.6 Å². The lowest BCUT2D eigenvalue weighted by atomic mass is 9.98. The Hall–Kier alpha value is -3.55. The number of nitrogens with zero attached hydrogens (tertiary/aromatic N) is 3. The maximum absolute atomic E-state index is 13.8. The summed E-state index contributed by atoms with van der Waals surface area (Å²) in [6, 6.07) is 11.0. The van der Waals surface area contributed by atoms with Crippen LogP contribution in [-0.4, -0.2) is 26.5 Å². The molecule has 0 aliphatic heterocycles. The number of hydrogen-bond donors (Lipinski definition) is 1. The molecule has 0 bridgehead atoms. The fourth-order valence-electron chi connectivity index (χ4n) is 3.25. The number of benzene rings is 2. The summed E-state index contributed by atoms with van der Waals surface area (Å²) in [6.45, 7) is 1.58. The second-order valence-corrected chi connectivity index (χ2v) is 6.68. The van der Waals surface area contributed by atoms with E-state index < -0.39 is 35.5 Å². The Kier molecular flexibility index (Phi) is 5.72. The second-order valence-electron chi connectivity index (χ2n) is 6.68. The number of halogens is 2. The van der Waals surface area contributed by atoms with Gasteiger partial charge in [-0.3, -0.25) is 14.3 Å². The molecule has 2 atom stereocenters. The molecule has 1 aromatic heterocycles. The molecule has 0 fully saturated rings. The molecule has 3 rings (SSSR count). The van der Waals surface area contributed by atoms with E-state index in [1.807, 2.05) is 0 Å². The van der Waals surface area contributed by atoms with Crippen LogP contribution in [0.2, 0.25) is 0 Å². The van der Waals surface area contributed by atoms with Gasteiger partial charge in [0.15, 0.2) is 0 Å². The molecule has 2 amide bonds. The van der Waals surface area contributed by atoms with Gasteiger partial charge in [0.05, 0.1) is 6.04 Å². The average molecular weight is 398 g/mol. The fourth-order valence-corrected chi connectivity index (χ4v) is 3.25. The van der Waals surface area contributed by atoms with E-state index in [9.17, 15) is 18.4 Å². The summed E-state index contributed by atoms with van der Waals surface area (Å²) in [4.78, 5) is 26.9. The van der Waals surface area contributed by atoms with Crippen LogP contribution in [0.3, 0.4) is 0 Å². The number of carbonyl (C=O) groups is 2. The van der Waals surface area contributed by atoms with E-state index in [1.54, 1.807) is 50.5 Å². The van der Waals surface area contributed by atoms with Gasteiger partial charge in [-0.05, 0) is 36.2 Å². The zero-order valence-electron chi connectivity index (χ0n) is 15.9. The van der Waals surface area contributed by atoms with Gasteiger partial charge in [-0.15, -0.1) is 0 Å². The molecular formula is C21H20F2N4O2. The van der Waals surface area contributed by atoms with Crippen LogP contribution in [-0.2, 0) is 11.8 Å². The van der Waals surface area contributed by atoms with Crippen LogP contribution in [0.5, 0.6) is 0 Å². The lowest BCUT2D eigenvalue weighted by Crippen LogP contribution is -2.43. The van der Waals surface area contributed by atoms with Crippen molar-refractivity contribution < 1.29 is 18.4 Å². The predicted molar refractivity (Wildman–Crippen MR) is 103 cm³/mol. The summed E-state index contributed by atoms with van der Waals surface area (Å²) in [6.07, 6.45) is 1.58. The largest absolute Gasteiger partial charge is 0.368 e. The van der Waals surface area contributed by atoms with Crippen LogP contribution in [0.25, 0.3) is 0 Å². The molecule has 150 valence electrons. The van der Waals surface area contributed by atoms with Gasteiger partial charge in [0.2, 0.25) is 5.91 Å². The Morgan fingerprint density at radius 3 is 2.17 bits per heavy atom. The van der Waals surface area contributed by atoms with Crippen LogP contribution in [0.15, 0.2) is 60.8 Å². The van der Waals surface area contributed by atoms with Crippen molar-refractivity contribution in [3.05, 3.63) is 89.2 Å². The maximum Gasteiger partial charge on any atom is 0.275 e. The highest BCUT2D eigenvalue weighted by Crippen LogP contribution is 2.32. The summed E-state index contributed by atoms with van der Waals surface area (Å²) in [5.41, 5.74) is 6.41. The first-order valence-electron chi connectivity index (χ1n) is 8.90. The van der Waals surface area contributed by atoms with E-state index in [-0.39, 0.29) is 11.3 Å². The Labute approximate surface area is 166 Å². The van der Waals surface area contributed by atoms with E-state index in [0.717, 1.165) is 18.2 Å². The Morgan fingerprint density at radius 1 is 1.03 bits per heavy atom. The van der Waals surface area contributed by atoms with Gasteiger partial charge in [0.1, 0.15) is 23.4 Å². The molecule has 2 N–H and O–H groups in total. The second kappa shape index (κ2) is 8.22. The van der Waals surface area contributed by atoms with E-state index in [2.05, 4.69) is 5.10 Å². The molecule has 8 heteroatoms. The van der Waals surface area contributed by atoms with Gasteiger partial charge in [0, 0.05) is 19.3 Å². The third kappa shape index (κ3) is 4.31. The van der Waals surface area contributed by atoms with Crippen LogP contribution < -0.4 is 5.73 Å². The third-order valence-electron chi connectivity index (χ3n) is 4.61. The summed E-state index contributed by atoms with van der Waals surface area (Å²) in [5, 5.41) is 4.10. The summed E-state index contributed by atoms with van der Waals surface area (Å²) in [5.74, 6) is -2.93. The van der Waals surface area contributed by atoms with Crippen molar-refractivity contribution in [1.29, 1.82) is 0 Å². The summed E-state index contributed by atoms with van der Waals surface area (Å²) >= 11 is 0. The minimum atomic E-state index is -1.16. The van der Waals surface area contributed by atoms with Crippen molar-refractivity contribution in [3.63, 3.8) is 0 Å². The van der Waals surface area contributed by atoms with Gasteiger partial charge >= 0.3 is 0 Å². The summed E-state index contributed by atoms with van der Waals surface area (Å²) in [7, 11) is 1.65. The predicted octanol–water partition coefficient (Wildman–Crippen LogP) is 3.13. The number of carbonyl (C=O) groups excluding carboxylic acids is 2. The molecule has 0 saturated carbocycles. The molecular weight excluding hydrogens is 378 g/mol. The standard InChI is InChI=1S/C21H20F2N4O2/c1-13(15-10-16(22)12-17(23)11-15)27(21(29)18-8-9-26(2)25-18)19(20(24)28)14-6-4-3-5-7-14/h3-13,19H,1-2H3,(H2,24,28)/t13-,19-/m1/s1. The van der Waals surface area contributed by atoms with Gasteiger partial charge in [0.25, 0.3) is 5.91 Å².